The van der Waals surface area contributed by atoms with Crippen molar-refractivity contribution in [3.8, 4) is 0 Å². The van der Waals surface area contributed by atoms with Crippen molar-refractivity contribution in [1.82, 2.24) is 30.1 Å². The molecule has 0 aliphatic carbocycles. The Morgan fingerprint density at radius 3 is 2.62 bits per heavy atom. The van der Waals surface area contributed by atoms with Crippen molar-refractivity contribution in [1.29, 1.82) is 0 Å². The molecular weight excluding hydrogens is 467 g/mol. The molecule has 3 aromatic carbocycles. The fourth-order valence-electron chi connectivity index (χ4n) is 5.43. The maximum absolute atomic E-state index is 13.6. The van der Waals surface area contributed by atoms with E-state index in [2.05, 4.69) is 62.7 Å². The van der Waals surface area contributed by atoms with Crippen LogP contribution in [0.1, 0.15) is 45.2 Å². The van der Waals surface area contributed by atoms with E-state index >= 15 is 0 Å². The molecule has 6 rings (SSSR count). The van der Waals surface area contributed by atoms with Crippen molar-refractivity contribution in [3.63, 3.8) is 0 Å². The number of fused-ring (bicyclic) bond motifs is 2. The van der Waals surface area contributed by atoms with Crippen LogP contribution in [0, 0.1) is 19.7 Å². The number of halogens is 1. The van der Waals surface area contributed by atoms with Gasteiger partial charge in [0.15, 0.2) is 5.82 Å². The average Bonchev–Trinajstić information content (AvgIpc) is 3.34. The van der Waals surface area contributed by atoms with Gasteiger partial charge in [-0.1, -0.05) is 48.0 Å². The highest BCUT2D eigenvalue weighted by molar-refractivity contribution is 5.83. The van der Waals surface area contributed by atoms with Crippen LogP contribution in [0.3, 0.4) is 0 Å². The topological polar surface area (TPSA) is 79.7 Å². The monoisotopic (exact) mass is 494 g/mol. The summed E-state index contributed by atoms with van der Waals surface area (Å²) in [5, 5.41) is 13.7. The van der Waals surface area contributed by atoms with Gasteiger partial charge >= 0.3 is 0 Å². The van der Waals surface area contributed by atoms with Gasteiger partial charge in [0.2, 0.25) is 0 Å². The molecule has 0 saturated carbocycles. The third kappa shape index (κ3) is 4.44. The summed E-state index contributed by atoms with van der Waals surface area (Å²) in [4.78, 5) is 19.0. The first kappa shape index (κ1) is 23.2. The fourth-order valence-corrected chi connectivity index (χ4v) is 5.43. The van der Waals surface area contributed by atoms with Crippen molar-refractivity contribution < 1.29 is 4.39 Å². The zero-order chi connectivity index (χ0) is 25.5. The molecule has 0 saturated heterocycles. The minimum Gasteiger partial charge on any atom is -0.321 e. The van der Waals surface area contributed by atoms with Gasteiger partial charge in [-0.05, 0) is 82.6 Å². The van der Waals surface area contributed by atoms with Gasteiger partial charge in [-0.15, -0.1) is 5.10 Å². The SMILES string of the molecule is Cc1cc(C)c2[nH]c(=O)c([C@H](c3nnnn3Cc3ccc(F)cc3)N3CCc4ccccc4C3)cc2c1. The normalized spacial score (nSPS) is 14.6. The zero-order valence-corrected chi connectivity index (χ0v) is 20.8. The van der Waals surface area contributed by atoms with Gasteiger partial charge in [0.05, 0.1) is 12.1 Å². The molecule has 37 heavy (non-hydrogen) atoms. The highest BCUT2D eigenvalue weighted by Crippen LogP contribution is 2.32. The summed E-state index contributed by atoms with van der Waals surface area (Å²) in [6, 6.07) is 20.4. The molecule has 5 aromatic rings. The minimum absolute atomic E-state index is 0.153. The maximum Gasteiger partial charge on any atom is 0.253 e. The number of pyridine rings is 1. The van der Waals surface area contributed by atoms with Crippen molar-refractivity contribution >= 4 is 10.9 Å². The Morgan fingerprint density at radius 2 is 1.81 bits per heavy atom. The fraction of sp³-hybridized carbons (Fsp3) is 0.241. The van der Waals surface area contributed by atoms with E-state index in [4.69, 9.17) is 0 Å². The molecule has 8 heteroatoms. The van der Waals surface area contributed by atoms with E-state index in [1.54, 1.807) is 16.8 Å². The molecule has 1 aliphatic rings. The molecule has 0 bridgehead atoms. The second-order valence-electron chi connectivity index (χ2n) is 9.81. The van der Waals surface area contributed by atoms with Crippen LogP contribution in [-0.4, -0.2) is 36.6 Å². The van der Waals surface area contributed by atoms with Crippen molar-refractivity contribution in [3.05, 3.63) is 122 Å². The van der Waals surface area contributed by atoms with Gasteiger partial charge < -0.3 is 4.98 Å². The molecule has 1 aliphatic heterocycles. The van der Waals surface area contributed by atoms with E-state index in [1.165, 1.54) is 23.3 Å². The second kappa shape index (κ2) is 9.37. The van der Waals surface area contributed by atoms with Gasteiger partial charge in [0, 0.05) is 18.7 Å². The van der Waals surface area contributed by atoms with Crippen LogP contribution in [0.5, 0.6) is 0 Å². The smallest absolute Gasteiger partial charge is 0.253 e. The van der Waals surface area contributed by atoms with Gasteiger partial charge in [0.1, 0.15) is 11.9 Å². The first-order valence-electron chi connectivity index (χ1n) is 12.4. The first-order valence-corrected chi connectivity index (χ1v) is 12.4. The third-order valence-electron chi connectivity index (χ3n) is 7.19. The Kier molecular flexibility index (Phi) is 5.88. The Hall–Kier alpha value is -4.17. The number of nitrogens with zero attached hydrogens (tertiary/aromatic N) is 5. The molecule has 0 unspecified atom stereocenters. The van der Waals surface area contributed by atoms with E-state index in [0.29, 0.717) is 24.5 Å². The summed E-state index contributed by atoms with van der Waals surface area (Å²) < 4.78 is 15.2. The van der Waals surface area contributed by atoms with Crippen molar-refractivity contribution in [2.45, 2.75) is 39.4 Å². The lowest BCUT2D eigenvalue weighted by Gasteiger charge is -2.34. The van der Waals surface area contributed by atoms with Crippen LogP contribution in [0.25, 0.3) is 10.9 Å². The Bertz CT molecular complexity index is 1660. The highest BCUT2D eigenvalue weighted by atomic mass is 19.1. The minimum atomic E-state index is -0.460. The number of nitrogens with one attached hydrogen (secondary N) is 1. The predicted octanol–water partition coefficient (Wildman–Crippen LogP) is 4.47. The molecule has 0 radical (unpaired) electrons. The van der Waals surface area contributed by atoms with E-state index < -0.39 is 6.04 Å². The number of H-pyrrole nitrogens is 1. The standard InChI is InChI=1S/C29H27FN6O/c1-18-13-19(2)26-23(14-18)15-25(29(37)31-26)27(35-12-11-21-5-3-4-6-22(21)17-35)28-32-33-34-36(28)16-20-7-9-24(30)10-8-20/h3-10,13-15,27H,11-12,16-17H2,1-2H3,(H,31,37)/t27-/m1/s1. The third-order valence-corrected chi connectivity index (χ3v) is 7.19. The van der Waals surface area contributed by atoms with Crippen molar-refractivity contribution in [2.24, 2.45) is 0 Å². The predicted molar refractivity (Wildman–Crippen MR) is 140 cm³/mol. The van der Waals surface area contributed by atoms with Gasteiger partial charge in [-0.25, -0.2) is 9.07 Å². The number of aromatic nitrogens is 5. The summed E-state index contributed by atoms with van der Waals surface area (Å²) in [5.74, 6) is 0.289. The van der Waals surface area contributed by atoms with Crippen LogP contribution in [0.2, 0.25) is 0 Å². The van der Waals surface area contributed by atoms with Gasteiger partial charge in [-0.2, -0.15) is 0 Å². The number of benzene rings is 3. The molecule has 1 N–H and O–H groups in total. The van der Waals surface area contributed by atoms with Crippen LogP contribution < -0.4 is 5.56 Å². The molecule has 2 aromatic heterocycles. The summed E-state index contributed by atoms with van der Waals surface area (Å²) in [5.41, 5.74) is 6.88. The van der Waals surface area contributed by atoms with E-state index in [1.807, 2.05) is 19.1 Å². The summed E-state index contributed by atoms with van der Waals surface area (Å²) in [7, 11) is 0. The summed E-state index contributed by atoms with van der Waals surface area (Å²) >= 11 is 0. The zero-order valence-electron chi connectivity index (χ0n) is 20.8. The average molecular weight is 495 g/mol. The van der Waals surface area contributed by atoms with Crippen LogP contribution in [-0.2, 0) is 19.5 Å². The molecule has 186 valence electrons. The second-order valence-corrected chi connectivity index (χ2v) is 9.81. The molecule has 0 fully saturated rings. The Morgan fingerprint density at radius 1 is 1.03 bits per heavy atom. The number of aryl methyl sites for hydroxylation is 2. The lowest BCUT2D eigenvalue weighted by Crippen LogP contribution is -2.38. The highest BCUT2D eigenvalue weighted by Gasteiger charge is 2.32. The number of rotatable bonds is 5. The number of tetrazole rings is 1. The van der Waals surface area contributed by atoms with E-state index in [9.17, 15) is 9.18 Å². The van der Waals surface area contributed by atoms with Gasteiger partial charge in [-0.3, -0.25) is 9.69 Å². The molecule has 3 heterocycles. The van der Waals surface area contributed by atoms with Crippen LogP contribution in [0.15, 0.2) is 71.5 Å². The lowest BCUT2D eigenvalue weighted by atomic mass is 9.95. The van der Waals surface area contributed by atoms with Crippen LogP contribution in [0.4, 0.5) is 4.39 Å². The van der Waals surface area contributed by atoms with E-state index in [0.717, 1.165) is 40.6 Å². The Labute approximate surface area is 213 Å². The molecule has 1 atom stereocenters. The van der Waals surface area contributed by atoms with Crippen LogP contribution >= 0.6 is 0 Å². The maximum atomic E-state index is 13.6. The van der Waals surface area contributed by atoms with E-state index in [-0.39, 0.29) is 11.4 Å². The quantitative estimate of drug-likeness (QED) is 0.390. The van der Waals surface area contributed by atoms with Gasteiger partial charge in [0.25, 0.3) is 5.56 Å². The summed E-state index contributed by atoms with van der Waals surface area (Å²) in [6.45, 7) is 5.87. The molecular formula is C29H27FN6O. The number of aromatic amines is 1. The largest absolute Gasteiger partial charge is 0.321 e. The summed E-state index contributed by atoms with van der Waals surface area (Å²) in [6.07, 6.45) is 0.871. The first-order chi connectivity index (χ1) is 18.0. The number of hydrogen-bond acceptors (Lipinski definition) is 5. The molecule has 0 spiro atoms. The van der Waals surface area contributed by atoms with Crippen molar-refractivity contribution in [2.75, 3.05) is 6.54 Å². The Balaban J connectivity index is 1.49. The lowest BCUT2D eigenvalue weighted by molar-refractivity contribution is 0.194. The molecule has 0 amide bonds. The number of hydrogen-bond donors (Lipinski definition) is 1. The molecule has 7 nitrogen and oxygen atoms in total.